The first-order valence-corrected chi connectivity index (χ1v) is 11.9. The molecule has 166 valence electrons. The van der Waals surface area contributed by atoms with Gasteiger partial charge in [-0.25, -0.2) is 4.79 Å². The lowest BCUT2D eigenvalue weighted by molar-refractivity contribution is -0.150. The Bertz CT molecular complexity index is 1040. The van der Waals surface area contributed by atoms with Crippen LogP contribution in [0.1, 0.15) is 16.7 Å². The molecule has 0 aromatic heterocycles. The van der Waals surface area contributed by atoms with E-state index in [1.165, 1.54) is 0 Å². The number of benzene rings is 3. The van der Waals surface area contributed by atoms with Crippen molar-refractivity contribution in [2.24, 2.45) is 0 Å². The van der Waals surface area contributed by atoms with Crippen LogP contribution in [0.2, 0.25) is 0 Å². The summed E-state index contributed by atoms with van der Waals surface area (Å²) in [6.07, 6.45) is -2.19. The summed E-state index contributed by atoms with van der Waals surface area (Å²) < 4.78 is 30.6. The van der Waals surface area contributed by atoms with Crippen LogP contribution in [0.15, 0.2) is 89.8 Å². The lowest BCUT2D eigenvalue weighted by Gasteiger charge is -2.22. The molecule has 1 heterocycles. The van der Waals surface area contributed by atoms with Gasteiger partial charge in [-0.2, -0.15) is 0 Å². The van der Waals surface area contributed by atoms with Crippen LogP contribution >= 0.6 is 0 Å². The highest BCUT2D eigenvalue weighted by Crippen LogP contribution is 2.26. The van der Waals surface area contributed by atoms with E-state index >= 15 is 0 Å². The maximum absolute atomic E-state index is 12.9. The standard InChI is InChI=1S/C26H26O5S/c1-19-12-14-22(15-13-19)32(28)18-23-24(29-16-20-8-4-2-5-9-20)25(26(27)31-23)30-17-21-10-6-3-7-11-21/h2-15,23-25H,16-18H2,1H3/t23-,24+,25-,32+/m0/s1. The van der Waals surface area contributed by atoms with Crippen LogP contribution in [0.3, 0.4) is 0 Å². The molecule has 1 saturated heterocycles. The second-order valence-corrected chi connectivity index (χ2v) is 9.27. The summed E-state index contributed by atoms with van der Waals surface area (Å²) in [4.78, 5) is 13.4. The van der Waals surface area contributed by atoms with Gasteiger partial charge in [-0.05, 0) is 30.2 Å². The Morgan fingerprint density at radius 1 is 0.812 bits per heavy atom. The molecular formula is C26H26O5S. The van der Waals surface area contributed by atoms with Crippen LogP contribution < -0.4 is 0 Å². The maximum atomic E-state index is 12.9. The van der Waals surface area contributed by atoms with Crippen LogP contribution in [0.4, 0.5) is 0 Å². The van der Waals surface area contributed by atoms with Crippen LogP contribution in [-0.4, -0.2) is 34.2 Å². The van der Waals surface area contributed by atoms with Crippen molar-refractivity contribution in [3.63, 3.8) is 0 Å². The van der Waals surface area contributed by atoms with Gasteiger partial charge in [0.15, 0.2) is 6.10 Å². The summed E-state index contributed by atoms with van der Waals surface area (Å²) in [5.74, 6) is -0.329. The van der Waals surface area contributed by atoms with E-state index in [1.807, 2.05) is 91.9 Å². The molecule has 32 heavy (non-hydrogen) atoms. The number of cyclic esters (lactones) is 1. The van der Waals surface area contributed by atoms with E-state index < -0.39 is 35.1 Å². The Balaban J connectivity index is 1.48. The van der Waals surface area contributed by atoms with E-state index in [1.54, 1.807) is 0 Å². The third kappa shape index (κ3) is 5.71. The summed E-state index contributed by atoms with van der Waals surface area (Å²) in [6, 6.07) is 26.9. The topological polar surface area (TPSA) is 61.8 Å². The van der Waals surface area contributed by atoms with Crippen molar-refractivity contribution < 1.29 is 23.2 Å². The minimum Gasteiger partial charge on any atom is -0.456 e. The zero-order valence-electron chi connectivity index (χ0n) is 17.9. The molecule has 0 amide bonds. The average Bonchev–Trinajstić information content (AvgIpc) is 3.11. The van der Waals surface area contributed by atoms with Gasteiger partial charge in [0.2, 0.25) is 0 Å². The normalized spacial score (nSPS) is 21.3. The van der Waals surface area contributed by atoms with Gasteiger partial charge >= 0.3 is 5.97 Å². The van der Waals surface area contributed by atoms with Gasteiger partial charge in [-0.1, -0.05) is 78.4 Å². The first-order chi connectivity index (χ1) is 15.6. The lowest BCUT2D eigenvalue weighted by atomic mass is 10.1. The van der Waals surface area contributed by atoms with E-state index in [4.69, 9.17) is 14.2 Å². The highest BCUT2D eigenvalue weighted by molar-refractivity contribution is 7.85. The molecule has 1 aliphatic rings. The smallest absolute Gasteiger partial charge is 0.338 e. The number of ether oxygens (including phenoxy) is 3. The van der Waals surface area contributed by atoms with E-state index in [9.17, 15) is 9.00 Å². The van der Waals surface area contributed by atoms with Gasteiger partial charge < -0.3 is 14.2 Å². The summed E-state index contributed by atoms with van der Waals surface area (Å²) in [5, 5.41) is 0. The molecule has 3 aromatic carbocycles. The Morgan fingerprint density at radius 2 is 1.38 bits per heavy atom. The molecule has 5 nitrogen and oxygen atoms in total. The zero-order valence-corrected chi connectivity index (χ0v) is 18.7. The Hall–Kier alpha value is -2.80. The Labute approximate surface area is 190 Å². The number of hydrogen-bond acceptors (Lipinski definition) is 5. The summed E-state index contributed by atoms with van der Waals surface area (Å²) in [5.41, 5.74) is 3.03. The predicted octanol–water partition coefficient (Wildman–Crippen LogP) is 4.20. The van der Waals surface area contributed by atoms with Crippen LogP contribution in [0.25, 0.3) is 0 Å². The number of esters is 1. The van der Waals surface area contributed by atoms with Crippen LogP contribution in [-0.2, 0) is 43.0 Å². The molecule has 0 saturated carbocycles. The van der Waals surface area contributed by atoms with Crippen molar-refractivity contribution in [1.82, 2.24) is 0 Å². The van der Waals surface area contributed by atoms with Crippen LogP contribution in [0, 0.1) is 6.92 Å². The van der Waals surface area contributed by atoms with Gasteiger partial charge in [0.05, 0.1) is 29.8 Å². The molecule has 4 atom stereocenters. The molecule has 0 aliphatic carbocycles. The van der Waals surface area contributed by atoms with Crippen molar-refractivity contribution in [1.29, 1.82) is 0 Å². The molecule has 1 fully saturated rings. The lowest BCUT2D eigenvalue weighted by Crippen LogP contribution is -2.38. The van der Waals surface area contributed by atoms with E-state index in [-0.39, 0.29) is 12.4 Å². The van der Waals surface area contributed by atoms with Crippen molar-refractivity contribution in [3.8, 4) is 0 Å². The van der Waals surface area contributed by atoms with Crippen molar-refractivity contribution >= 4 is 16.8 Å². The second-order valence-electron chi connectivity index (χ2n) is 7.78. The first kappa shape index (κ1) is 22.4. The zero-order chi connectivity index (χ0) is 22.3. The minimum absolute atomic E-state index is 0.152. The monoisotopic (exact) mass is 450 g/mol. The molecule has 3 aromatic rings. The van der Waals surface area contributed by atoms with E-state index in [2.05, 4.69) is 0 Å². The molecule has 6 heteroatoms. The number of carbonyl (C=O) groups excluding carboxylic acids is 1. The first-order valence-electron chi connectivity index (χ1n) is 10.6. The molecule has 0 bridgehead atoms. The number of rotatable bonds is 9. The molecule has 4 rings (SSSR count). The average molecular weight is 451 g/mol. The van der Waals surface area contributed by atoms with Gasteiger partial charge in [0, 0.05) is 4.90 Å². The van der Waals surface area contributed by atoms with Gasteiger partial charge in [0.25, 0.3) is 0 Å². The van der Waals surface area contributed by atoms with Crippen molar-refractivity contribution in [2.45, 2.75) is 43.3 Å². The molecule has 0 radical (unpaired) electrons. The SMILES string of the molecule is Cc1ccc([S@](=O)C[C@@H]2OC(=O)[C@@H](OCc3ccccc3)[C@@H]2OCc2ccccc2)cc1. The molecule has 0 spiro atoms. The van der Waals surface area contributed by atoms with Crippen LogP contribution in [0.5, 0.6) is 0 Å². The Kier molecular flexibility index (Phi) is 7.47. The fourth-order valence-electron chi connectivity index (χ4n) is 3.56. The predicted molar refractivity (Wildman–Crippen MR) is 122 cm³/mol. The molecule has 0 N–H and O–H groups in total. The van der Waals surface area contributed by atoms with Gasteiger partial charge in [-0.15, -0.1) is 0 Å². The van der Waals surface area contributed by atoms with Crippen molar-refractivity contribution in [3.05, 3.63) is 102 Å². The van der Waals surface area contributed by atoms with Gasteiger partial charge in [-0.3, -0.25) is 4.21 Å². The summed E-state index contributed by atoms with van der Waals surface area (Å²) >= 11 is 0. The minimum atomic E-state index is -1.33. The number of hydrogen-bond donors (Lipinski definition) is 0. The molecule has 0 unspecified atom stereocenters. The third-order valence-corrected chi connectivity index (χ3v) is 6.75. The fourth-order valence-corrected chi connectivity index (χ4v) is 4.75. The van der Waals surface area contributed by atoms with Crippen molar-refractivity contribution in [2.75, 3.05) is 5.75 Å². The number of aryl methyl sites for hydroxylation is 1. The Morgan fingerprint density at radius 3 is 1.97 bits per heavy atom. The third-order valence-electron chi connectivity index (χ3n) is 5.32. The molecule has 1 aliphatic heterocycles. The maximum Gasteiger partial charge on any atom is 0.338 e. The summed E-state index contributed by atoms with van der Waals surface area (Å²) in [6.45, 7) is 2.55. The number of carbonyl (C=O) groups is 1. The quantitative estimate of drug-likeness (QED) is 0.457. The fraction of sp³-hybridized carbons (Fsp3) is 0.269. The second kappa shape index (κ2) is 10.7. The highest BCUT2D eigenvalue weighted by Gasteiger charge is 2.47. The van der Waals surface area contributed by atoms with E-state index in [0.29, 0.717) is 11.5 Å². The van der Waals surface area contributed by atoms with Gasteiger partial charge in [0.1, 0.15) is 12.2 Å². The summed E-state index contributed by atoms with van der Waals surface area (Å²) in [7, 11) is -1.33. The highest BCUT2D eigenvalue weighted by atomic mass is 32.2. The largest absolute Gasteiger partial charge is 0.456 e. The van der Waals surface area contributed by atoms with E-state index in [0.717, 1.165) is 16.7 Å². The molecular weight excluding hydrogens is 424 g/mol.